The summed E-state index contributed by atoms with van der Waals surface area (Å²) >= 11 is 5.15. The van der Waals surface area contributed by atoms with Crippen molar-refractivity contribution < 1.29 is 19.1 Å². The number of anilines is 1. The van der Waals surface area contributed by atoms with Gasteiger partial charge in [-0.1, -0.05) is 12.1 Å². The van der Waals surface area contributed by atoms with Crippen molar-refractivity contribution in [1.82, 2.24) is 15.1 Å². The molecule has 1 heterocycles. The number of rotatable bonds is 5. The monoisotopic (exact) mass is 392 g/mol. The first kappa shape index (κ1) is 20.8. The Morgan fingerprint density at radius 3 is 2.44 bits per heavy atom. The minimum Gasteiger partial charge on any atom is -0.469 e. The maximum atomic E-state index is 12.8. The fraction of sp³-hybridized carbons (Fsp3) is 0.444. The van der Waals surface area contributed by atoms with Crippen molar-refractivity contribution in [2.75, 3.05) is 45.7 Å². The van der Waals surface area contributed by atoms with E-state index in [9.17, 15) is 14.4 Å². The van der Waals surface area contributed by atoms with Crippen LogP contribution in [0.25, 0.3) is 0 Å². The van der Waals surface area contributed by atoms with Gasteiger partial charge in [0.15, 0.2) is 5.11 Å². The number of hydrogen-bond donors (Lipinski definition) is 2. The van der Waals surface area contributed by atoms with Crippen LogP contribution in [0.1, 0.15) is 23.2 Å². The van der Waals surface area contributed by atoms with Crippen LogP contribution in [0, 0.1) is 0 Å². The van der Waals surface area contributed by atoms with Gasteiger partial charge in [-0.3, -0.25) is 14.4 Å². The second kappa shape index (κ2) is 9.98. The number of nitrogens with one attached hydrogen (secondary N) is 2. The molecule has 0 spiro atoms. The van der Waals surface area contributed by atoms with Gasteiger partial charge < -0.3 is 25.2 Å². The number of esters is 1. The molecular formula is C18H24N4O4S. The van der Waals surface area contributed by atoms with Gasteiger partial charge in [0, 0.05) is 32.6 Å². The highest BCUT2D eigenvalue weighted by molar-refractivity contribution is 7.80. The maximum Gasteiger partial charge on any atom is 0.306 e. The second-order valence-electron chi connectivity index (χ2n) is 6.22. The van der Waals surface area contributed by atoms with E-state index in [-0.39, 0.29) is 23.9 Å². The molecule has 27 heavy (non-hydrogen) atoms. The van der Waals surface area contributed by atoms with E-state index in [2.05, 4.69) is 20.3 Å². The third-order valence-electron chi connectivity index (χ3n) is 4.23. The number of amides is 2. The highest BCUT2D eigenvalue weighted by Crippen LogP contribution is 2.18. The lowest BCUT2D eigenvalue weighted by atomic mass is 10.1. The highest BCUT2D eigenvalue weighted by atomic mass is 32.1. The van der Waals surface area contributed by atoms with Gasteiger partial charge in [-0.25, -0.2) is 0 Å². The molecule has 0 unspecified atom stereocenters. The Balaban J connectivity index is 1.96. The third kappa shape index (κ3) is 6.30. The topological polar surface area (TPSA) is 91.0 Å². The smallest absolute Gasteiger partial charge is 0.306 e. The van der Waals surface area contributed by atoms with E-state index < -0.39 is 11.9 Å². The summed E-state index contributed by atoms with van der Waals surface area (Å²) in [5, 5.41) is 5.47. The zero-order chi connectivity index (χ0) is 19.8. The maximum absolute atomic E-state index is 12.8. The van der Waals surface area contributed by atoms with E-state index in [4.69, 9.17) is 12.2 Å². The van der Waals surface area contributed by atoms with E-state index in [1.807, 2.05) is 7.05 Å². The summed E-state index contributed by atoms with van der Waals surface area (Å²) < 4.78 is 4.50. The molecule has 1 aromatic rings. The summed E-state index contributed by atoms with van der Waals surface area (Å²) in [5.74, 6) is -0.945. The molecule has 0 radical (unpaired) electrons. The summed E-state index contributed by atoms with van der Waals surface area (Å²) in [6, 6.07) is 7.03. The van der Waals surface area contributed by atoms with E-state index in [1.54, 1.807) is 29.2 Å². The number of carbonyl (C=O) groups excluding carboxylic acids is 3. The molecule has 0 saturated carbocycles. The lowest BCUT2D eigenvalue weighted by molar-refractivity contribution is -0.142. The predicted octanol–water partition coefficient (Wildman–Crippen LogP) is 0.840. The first-order valence-electron chi connectivity index (χ1n) is 8.65. The van der Waals surface area contributed by atoms with Gasteiger partial charge in [0.1, 0.15) is 0 Å². The number of nitrogens with zero attached hydrogens (tertiary/aromatic N) is 2. The summed E-state index contributed by atoms with van der Waals surface area (Å²) in [6.45, 7) is 2.99. The first-order valence-corrected chi connectivity index (χ1v) is 9.06. The van der Waals surface area contributed by atoms with Crippen LogP contribution in [0.15, 0.2) is 24.3 Å². The number of benzene rings is 1. The molecule has 1 saturated heterocycles. The Labute approximate surface area is 163 Å². The van der Waals surface area contributed by atoms with E-state index in [0.29, 0.717) is 24.3 Å². The number of methoxy groups -OCH3 is 1. The van der Waals surface area contributed by atoms with Crippen LogP contribution in [0.3, 0.4) is 0 Å². The van der Waals surface area contributed by atoms with Crippen molar-refractivity contribution in [2.45, 2.75) is 12.8 Å². The minimum atomic E-state index is -0.466. The molecule has 1 aliphatic rings. The van der Waals surface area contributed by atoms with Gasteiger partial charge in [0.2, 0.25) is 5.91 Å². The Hall–Kier alpha value is -2.52. The van der Waals surface area contributed by atoms with Gasteiger partial charge >= 0.3 is 5.97 Å². The van der Waals surface area contributed by atoms with Crippen molar-refractivity contribution >= 4 is 40.8 Å². The molecule has 0 atom stereocenters. The average molecular weight is 392 g/mol. The van der Waals surface area contributed by atoms with E-state index >= 15 is 0 Å². The van der Waals surface area contributed by atoms with Gasteiger partial charge in [-0.15, -0.1) is 0 Å². The van der Waals surface area contributed by atoms with Gasteiger partial charge in [-0.2, -0.15) is 0 Å². The predicted molar refractivity (Wildman–Crippen MR) is 105 cm³/mol. The molecule has 1 aliphatic heterocycles. The molecule has 2 rings (SSSR count). The van der Waals surface area contributed by atoms with Crippen LogP contribution in [-0.4, -0.2) is 73.0 Å². The molecule has 9 heteroatoms. The number of thiocarbonyl (C=S) groups is 1. The number of ether oxygens (including phenoxy) is 1. The quantitative estimate of drug-likeness (QED) is 0.567. The van der Waals surface area contributed by atoms with Crippen LogP contribution in [0.4, 0.5) is 5.69 Å². The summed E-state index contributed by atoms with van der Waals surface area (Å²) in [5.41, 5.74) is 1.02. The zero-order valence-electron chi connectivity index (χ0n) is 15.5. The van der Waals surface area contributed by atoms with Crippen LogP contribution < -0.4 is 10.6 Å². The fourth-order valence-corrected chi connectivity index (χ4v) is 2.84. The first-order chi connectivity index (χ1) is 12.9. The van der Waals surface area contributed by atoms with Crippen molar-refractivity contribution in [2.24, 2.45) is 0 Å². The molecular weight excluding hydrogens is 368 g/mol. The number of hydrogen-bond acceptors (Lipinski definition) is 6. The molecule has 8 nitrogen and oxygen atoms in total. The molecule has 2 amide bonds. The Morgan fingerprint density at radius 2 is 1.78 bits per heavy atom. The van der Waals surface area contributed by atoms with Crippen LogP contribution >= 0.6 is 12.2 Å². The van der Waals surface area contributed by atoms with Crippen LogP contribution in [0.2, 0.25) is 0 Å². The summed E-state index contributed by atoms with van der Waals surface area (Å²) in [4.78, 5) is 39.7. The average Bonchev–Trinajstić information content (AvgIpc) is 2.66. The highest BCUT2D eigenvalue weighted by Gasteiger charge is 2.22. The van der Waals surface area contributed by atoms with Crippen LogP contribution in [-0.2, 0) is 14.3 Å². The molecule has 1 aromatic carbocycles. The second-order valence-corrected chi connectivity index (χ2v) is 6.63. The van der Waals surface area contributed by atoms with Crippen molar-refractivity contribution in [1.29, 1.82) is 0 Å². The Bertz CT molecular complexity index is 717. The molecule has 0 bridgehead atoms. The number of piperazine rings is 1. The molecule has 2 N–H and O–H groups in total. The Morgan fingerprint density at radius 1 is 1.11 bits per heavy atom. The Kier molecular flexibility index (Phi) is 7.68. The van der Waals surface area contributed by atoms with E-state index in [1.165, 1.54) is 7.11 Å². The zero-order valence-corrected chi connectivity index (χ0v) is 16.3. The fourth-order valence-electron chi connectivity index (χ4n) is 2.62. The summed E-state index contributed by atoms with van der Waals surface area (Å²) in [6.07, 6.45) is -0.0558. The number of para-hydroxylation sites is 1. The molecule has 1 fully saturated rings. The molecule has 0 aromatic heterocycles. The van der Waals surface area contributed by atoms with Crippen molar-refractivity contribution in [3.8, 4) is 0 Å². The standard InChI is InChI=1S/C18H24N4O4S/c1-21-9-11-22(12-10-21)17(25)13-5-3-4-6-14(13)19-18(27)20-15(23)7-8-16(24)26-2/h3-6H,7-12H2,1-2H3,(H2,19,20,23,27). The van der Waals surface area contributed by atoms with Crippen molar-refractivity contribution in [3.63, 3.8) is 0 Å². The van der Waals surface area contributed by atoms with Gasteiger partial charge in [-0.05, 0) is 31.4 Å². The number of carbonyl (C=O) groups is 3. The van der Waals surface area contributed by atoms with Gasteiger partial charge in [0.05, 0.1) is 24.8 Å². The third-order valence-corrected chi connectivity index (χ3v) is 4.44. The summed E-state index contributed by atoms with van der Waals surface area (Å²) in [7, 11) is 3.29. The lowest BCUT2D eigenvalue weighted by Crippen LogP contribution is -2.47. The molecule has 0 aliphatic carbocycles. The number of likely N-dealkylation sites (N-methyl/N-ethyl adjacent to an activating group) is 1. The van der Waals surface area contributed by atoms with Crippen LogP contribution in [0.5, 0.6) is 0 Å². The van der Waals surface area contributed by atoms with E-state index in [0.717, 1.165) is 13.1 Å². The SMILES string of the molecule is COC(=O)CCC(=O)NC(=S)Nc1ccccc1C(=O)N1CCN(C)CC1. The van der Waals surface area contributed by atoms with Gasteiger partial charge in [0.25, 0.3) is 5.91 Å². The normalized spacial score (nSPS) is 14.4. The van der Waals surface area contributed by atoms with Crippen molar-refractivity contribution in [3.05, 3.63) is 29.8 Å². The minimum absolute atomic E-state index is 0.0244. The lowest BCUT2D eigenvalue weighted by Gasteiger charge is -2.32. The molecule has 146 valence electrons. The largest absolute Gasteiger partial charge is 0.469 e.